The van der Waals surface area contributed by atoms with Gasteiger partial charge in [0.25, 0.3) is 0 Å². The van der Waals surface area contributed by atoms with Gasteiger partial charge in [-0.25, -0.2) is 0 Å². The van der Waals surface area contributed by atoms with Crippen LogP contribution in [0.5, 0.6) is 5.75 Å². The summed E-state index contributed by atoms with van der Waals surface area (Å²) in [6.45, 7) is 2.79. The molecule has 0 saturated heterocycles. The Hall–Kier alpha value is -2.34. The number of thioether (sulfide) groups is 1. The van der Waals surface area contributed by atoms with Crippen LogP contribution in [-0.4, -0.2) is 33.3 Å². The molecule has 0 radical (unpaired) electrons. The van der Waals surface area contributed by atoms with Gasteiger partial charge in [-0.1, -0.05) is 47.2 Å². The summed E-state index contributed by atoms with van der Waals surface area (Å²) in [4.78, 5) is 14.5. The van der Waals surface area contributed by atoms with Crippen LogP contribution < -0.4 is 4.74 Å². The van der Waals surface area contributed by atoms with Crippen LogP contribution in [0.4, 0.5) is 0 Å². The van der Waals surface area contributed by atoms with Crippen molar-refractivity contribution in [3.8, 4) is 5.75 Å². The largest absolute Gasteiger partial charge is 0.438 e. The standard InChI is InChI=1S/C18H17N3O2S/c1-18(10-16(21-23-18)22-14-8-5-9-19-11-14)15-12-20-17(24-15)13-6-3-2-4-7-13/h2-9,11,15H,10,12H2,1H3/t15?,18-/m0/s1. The van der Waals surface area contributed by atoms with Crippen molar-refractivity contribution in [3.63, 3.8) is 0 Å². The van der Waals surface area contributed by atoms with Gasteiger partial charge in [-0.05, 0) is 19.1 Å². The van der Waals surface area contributed by atoms with E-state index in [9.17, 15) is 0 Å². The fourth-order valence-corrected chi connectivity index (χ4v) is 3.94. The molecule has 0 bridgehead atoms. The molecule has 5 nitrogen and oxygen atoms in total. The normalized spacial score (nSPS) is 25.8. The summed E-state index contributed by atoms with van der Waals surface area (Å²) in [5.41, 5.74) is 0.738. The lowest BCUT2D eigenvalue weighted by Gasteiger charge is -2.26. The molecule has 4 rings (SSSR count). The van der Waals surface area contributed by atoms with Crippen molar-refractivity contribution >= 4 is 22.7 Å². The van der Waals surface area contributed by atoms with Crippen molar-refractivity contribution < 1.29 is 9.57 Å². The molecule has 0 saturated carbocycles. The first kappa shape index (κ1) is 15.2. The van der Waals surface area contributed by atoms with Crippen LogP contribution >= 0.6 is 11.8 Å². The second kappa shape index (κ2) is 6.28. The number of hydrogen-bond donors (Lipinski definition) is 0. The summed E-state index contributed by atoms with van der Waals surface area (Å²) in [5.74, 6) is 1.25. The Morgan fingerprint density at radius 2 is 2.08 bits per heavy atom. The second-order valence-corrected chi connectivity index (χ2v) is 7.17. The zero-order chi connectivity index (χ0) is 16.4. The highest BCUT2D eigenvalue weighted by molar-refractivity contribution is 8.15. The molecule has 0 fully saturated rings. The van der Waals surface area contributed by atoms with Gasteiger partial charge in [0.05, 0.1) is 29.5 Å². The van der Waals surface area contributed by atoms with Crippen molar-refractivity contribution in [2.75, 3.05) is 6.54 Å². The number of aliphatic imine (C=N–C) groups is 1. The summed E-state index contributed by atoms with van der Waals surface area (Å²) < 4.78 is 5.76. The summed E-state index contributed by atoms with van der Waals surface area (Å²) >= 11 is 1.75. The molecule has 2 aromatic rings. The maximum absolute atomic E-state index is 5.76. The van der Waals surface area contributed by atoms with Crippen LogP contribution in [0.25, 0.3) is 0 Å². The van der Waals surface area contributed by atoms with Gasteiger partial charge in [0.2, 0.25) is 5.90 Å². The van der Waals surface area contributed by atoms with Crippen LogP contribution in [-0.2, 0) is 4.84 Å². The maximum atomic E-state index is 5.76. The topological polar surface area (TPSA) is 56.1 Å². The predicted octanol–water partition coefficient (Wildman–Crippen LogP) is 3.52. The molecule has 6 heteroatoms. The van der Waals surface area contributed by atoms with Gasteiger partial charge in [0, 0.05) is 11.8 Å². The fraction of sp³-hybridized carbons (Fsp3) is 0.278. The van der Waals surface area contributed by atoms with Gasteiger partial charge in [-0.3, -0.25) is 9.98 Å². The van der Waals surface area contributed by atoms with E-state index in [-0.39, 0.29) is 5.25 Å². The molecule has 2 aliphatic heterocycles. The van der Waals surface area contributed by atoms with Crippen LogP contribution in [0.3, 0.4) is 0 Å². The number of oxime groups is 1. The summed E-state index contributed by atoms with van der Waals surface area (Å²) in [6.07, 6.45) is 4.00. The molecule has 1 aromatic heterocycles. The van der Waals surface area contributed by atoms with Crippen molar-refractivity contribution in [2.24, 2.45) is 10.1 Å². The van der Waals surface area contributed by atoms with E-state index in [2.05, 4.69) is 34.2 Å². The van der Waals surface area contributed by atoms with Crippen molar-refractivity contribution in [1.29, 1.82) is 0 Å². The Kier molecular flexibility index (Phi) is 3.98. The lowest BCUT2D eigenvalue weighted by Crippen LogP contribution is -2.38. The Morgan fingerprint density at radius 3 is 2.88 bits per heavy atom. The molecular formula is C18H17N3O2S. The van der Waals surface area contributed by atoms with Crippen LogP contribution in [0.2, 0.25) is 0 Å². The molecular weight excluding hydrogens is 322 g/mol. The molecule has 0 amide bonds. The van der Waals surface area contributed by atoms with Gasteiger partial charge >= 0.3 is 0 Å². The summed E-state index contributed by atoms with van der Waals surface area (Å²) in [6, 6.07) is 13.9. The van der Waals surface area contributed by atoms with Gasteiger partial charge in [0.15, 0.2) is 5.60 Å². The first-order valence-corrected chi connectivity index (χ1v) is 8.70. The fourth-order valence-electron chi connectivity index (χ4n) is 2.72. The van der Waals surface area contributed by atoms with Crippen LogP contribution in [0.15, 0.2) is 65.0 Å². The highest BCUT2D eigenvalue weighted by Gasteiger charge is 2.46. The third-order valence-corrected chi connectivity index (χ3v) is 5.60. The van der Waals surface area contributed by atoms with Gasteiger partial charge < -0.3 is 9.57 Å². The Labute approximate surface area is 144 Å². The average molecular weight is 339 g/mol. The molecule has 1 unspecified atom stereocenters. The van der Waals surface area contributed by atoms with E-state index in [1.54, 1.807) is 24.2 Å². The Balaban J connectivity index is 1.40. The Bertz CT molecular complexity index is 779. The lowest BCUT2D eigenvalue weighted by atomic mass is 9.98. The third kappa shape index (κ3) is 3.01. The van der Waals surface area contributed by atoms with Crippen LogP contribution in [0.1, 0.15) is 18.9 Å². The summed E-state index contributed by atoms with van der Waals surface area (Å²) in [5, 5.41) is 5.41. The number of hydrogen-bond acceptors (Lipinski definition) is 6. The van der Waals surface area contributed by atoms with Gasteiger partial charge in [-0.15, -0.1) is 0 Å². The number of pyridine rings is 1. The number of ether oxygens (including phenoxy) is 1. The SMILES string of the molecule is C[C@@]1(C2CN=C(c3ccccc3)S2)CC(Oc2cccnc2)=NO1. The number of rotatable bonds is 3. The van der Waals surface area contributed by atoms with Crippen molar-refractivity contribution in [1.82, 2.24) is 4.98 Å². The van der Waals surface area contributed by atoms with E-state index >= 15 is 0 Å². The number of nitrogens with zero attached hydrogens (tertiary/aromatic N) is 3. The molecule has 24 heavy (non-hydrogen) atoms. The van der Waals surface area contributed by atoms with E-state index in [1.165, 1.54) is 0 Å². The molecule has 0 N–H and O–H groups in total. The van der Waals surface area contributed by atoms with E-state index in [4.69, 9.17) is 9.57 Å². The van der Waals surface area contributed by atoms with Crippen molar-refractivity contribution in [3.05, 3.63) is 60.4 Å². The van der Waals surface area contributed by atoms with Gasteiger partial charge in [-0.2, -0.15) is 0 Å². The minimum atomic E-state index is -0.414. The molecule has 122 valence electrons. The monoisotopic (exact) mass is 339 g/mol. The van der Waals surface area contributed by atoms with Crippen LogP contribution in [0, 0.1) is 0 Å². The zero-order valence-corrected chi connectivity index (χ0v) is 14.1. The quantitative estimate of drug-likeness (QED) is 0.858. The molecule has 1 aromatic carbocycles. The Morgan fingerprint density at radius 1 is 1.21 bits per heavy atom. The van der Waals surface area contributed by atoms with E-state index in [0.717, 1.165) is 17.2 Å². The molecule has 0 spiro atoms. The smallest absolute Gasteiger partial charge is 0.235 e. The highest BCUT2D eigenvalue weighted by Crippen LogP contribution is 2.39. The van der Waals surface area contributed by atoms with E-state index in [0.29, 0.717) is 18.1 Å². The first-order valence-electron chi connectivity index (χ1n) is 7.82. The molecule has 2 atom stereocenters. The minimum Gasteiger partial charge on any atom is -0.438 e. The van der Waals surface area contributed by atoms with Gasteiger partial charge in [0.1, 0.15) is 5.75 Å². The molecule has 2 aliphatic rings. The van der Waals surface area contributed by atoms with E-state index in [1.807, 2.05) is 30.3 Å². The molecule has 0 aliphatic carbocycles. The highest BCUT2D eigenvalue weighted by atomic mass is 32.2. The third-order valence-electron chi connectivity index (χ3n) is 4.08. The first-order chi connectivity index (χ1) is 11.7. The van der Waals surface area contributed by atoms with Crippen molar-refractivity contribution in [2.45, 2.75) is 24.2 Å². The second-order valence-electron chi connectivity index (χ2n) is 5.97. The minimum absolute atomic E-state index is 0.214. The lowest BCUT2D eigenvalue weighted by molar-refractivity contribution is -0.00241. The molecule has 3 heterocycles. The average Bonchev–Trinajstić information content (AvgIpc) is 3.25. The predicted molar refractivity (Wildman–Crippen MR) is 95.6 cm³/mol. The number of benzene rings is 1. The number of aromatic nitrogens is 1. The zero-order valence-electron chi connectivity index (χ0n) is 13.3. The van der Waals surface area contributed by atoms with E-state index < -0.39 is 5.60 Å². The maximum Gasteiger partial charge on any atom is 0.235 e. The summed E-state index contributed by atoms with van der Waals surface area (Å²) in [7, 11) is 0.